The molecule has 0 spiro atoms. The number of hydrogen-bond donors (Lipinski definition) is 0. The number of rotatable bonds is 6. The van der Waals surface area contributed by atoms with Crippen molar-refractivity contribution >= 4 is 17.6 Å². The van der Waals surface area contributed by atoms with Crippen LogP contribution in [-0.4, -0.2) is 12.6 Å². The number of aryl methyl sites for hydroxylation is 2. The second-order valence-corrected chi connectivity index (χ2v) is 6.74. The monoisotopic (exact) mass is 360 g/mol. The van der Waals surface area contributed by atoms with E-state index in [4.69, 9.17) is 16.3 Å². The van der Waals surface area contributed by atoms with Gasteiger partial charge in [-0.1, -0.05) is 56.3 Å². The molecule has 0 saturated heterocycles. The molecule has 0 saturated carbocycles. The Morgan fingerprint density at radius 3 is 2.36 bits per heavy atom. The van der Waals surface area contributed by atoms with E-state index in [1.165, 1.54) is 22.3 Å². The van der Waals surface area contributed by atoms with Gasteiger partial charge in [-0.3, -0.25) is 4.79 Å². The number of halogens is 1. The molecule has 3 heteroatoms. The van der Waals surface area contributed by atoms with E-state index in [2.05, 4.69) is 26.0 Å². The highest BCUT2D eigenvalue weighted by Gasteiger charge is 2.25. The zero-order chi connectivity index (χ0) is 17.7. The van der Waals surface area contributed by atoms with Gasteiger partial charge in [0.05, 0.1) is 12.5 Å². The largest absolute Gasteiger partial charge is 0.466 e. The number of hydrogen-bond acceptors (Lipinski definition) is 2. The molecule has 0 radical (unpaired) electrons. The first-order valence-electron chi connectivity index (χ1n) is 8.42. The molecule has 0 aliphatic heterocycles. The standard InChI is InChI=1S/C21H25ClO2.CH4/c1-5-24-21(23)16(4)12-20(18-9-7-6-8-14(18)2)19-13-17(22)11-10-15(19)3;/h6-11,13,16,20H,5,12H2,1-4H3;1H4. The summed E-state index contributed by atoms with van der Waals surface area (Å²) in [5, 5.41) is 0.720. The van der Waals surface area contributed by atoms with Crippen LogP contribution in [0.25, 0.3) is 0 Å². The van der Waals surface area contributed by atoms with Crippen LogP contribution in [0.5, 0.6) is 0 Å². The van der Waals surface area contributed by atoms with Crippen LogP contribution in [0.15, 0.2) is 42.5 Å². The normalized spacial score (nSPS) is 12.8. The minimum Gasteiger partial charge on any atom is -0.466 e. The summed E-state index contributed by atoms with van der Waals surface area (Å²) in [7, 11) is 0. The zero-order valence-electron chi connectivity index (χ0n) is 14.8. The average molecular weight is 361 g/mol. The predicted molar refractivity (Wildman–Crippen MR) is 106 cm³/mol. The topological polar surface area (TPSA) is 26.3 Å². The number of ether oxygens (including phenoxy) is 1. The lowest BCUT2D eigenvalue weighted by molar-refractivity contribution is -0.147. The van der Waals surface area contributed by atoms with E-state index in [9.17, 15) is 4.79 Å². The summed E-state index contributed by atoms with van der Waals surface area (Å²) in [6.45, 7) is 8.38. The van der Waals surface area contributed by atoms with E-state index < -0.39 is 0 Å². The Labute approximate surface area is 157 Å². The number of carbonyl (C=O) groups excluding carboxylic acids is 1. The third-order valence-electron chi connectivity index (χ3n) is 4.46. The minimum absolute atomic E-state index is 0. The summed E-state index contributed by atoms with van der Waals surface area (Å²) in [6.07, 6.45) is 0.699. The van der Waals surface area contributed by atoms with Crippen LogP contribution in [0.3, 0.4) is 0 Å². The smallest absolute Gasteiger partial charge is 0.308 e. The van der Waals surface area contributed by atoms with Crippen LogP contribution in [0.2, 0.25) is 5.02 Å². The molecule has 2 unspecified atom stereocenters. The highest BCUT2D eigenvalue weighted by molar-refractivity contribution is 6.30. The highest BCUT2D eigenvalue weighted by atomic mass is 35.5. The van der Waals surface area contributed by atoms with Crippen molar-refractivity contribution in [2.24, 2.45) is 5.92 Å². The van der Waals surface area contributed by atoms with Gasteiger partial charge in [-0.2, -0.15) is 0 Å². The van der Waals surface area contributed by atoms with Crippen molar-refractivity contribution in [3.63, 3.8) is 0 Å². The van der Waals surface area contributed by atoms with Crippen molar-refractivity contribution in [1.82, 2.24) is 0 Å². The van der Waals surface area contributed by atoms with E-state index in [-0.39, 0.29) is 25.2 Å². The molecule has 25 heavy (non-hydrogen) atoms. The Balaban J connectivity index is 0.00000312. The van der Waals surface area contributed by atoms with Crippen LogP contribution < -0.4 is 0 Å². The maximum absolute atomic E-state index is 12.1. The molecular weight excluding hydrogens is 332 g/mol. The predicted octanol–water partition coefficient (Wildman–Crippen LogP) is 6.31. The number of benzene rings is 2. The van der Waals surface area contributed by atoms with Crippen molar-refractivity contribution in [2.75, 3.05) is 6.61 Å². The van der Waals surface area contributed by atoms with E-state index in [0.29, 0.717) is 13.0 Å². The van der Waals surface area contributed by atoms with E-state index in [0.717, 1.165) is 5.02 Å². The van der Waals surface area contributed by atoms with Gasteiger partial charge in [0.1, 0.15) is 0 Å². The van der Waals surface area contributed by atoms with Gasteiger partial charge in [0, 0.05) is 10.9 Å². The molecular formula is C22H29ClO2. The molecule has 2 aromatic carbocycles. The van der Waals surface area contributed by atoms with Gasteiger partial charge in [-0.05, 0) is 61.6 Å². The van der Waals surface area contributed by atoms with Crippen LogP contribution in [-0.2, 0) is 9.53 Å². The van der Waals surface area contributed by atoms with Crippen molar-refractivity contribution in [2.45, 2.75) is 47.5 Å². The molecule has 2 atom stereocenters. The van der Waals surface area contributed by atoms with Gasteiger partial charge in [0.15, 0.2) is 0 Å². The van der Waals surface area contributed by atoms with Crippen LogP contribution in [0.4, 0.5) is 0 Å². The minimum atomic E-state index is -0.173. The molecule has 0 fully saturated rings. The van der Waals surface area contributed by atoms with Crippen molar-refractivity contribution in [1.29, 1.82) is 0 Å². The van der Waals surface area contributed by atoms with Gasteiger partial charge in [-0.15, -0.1) is 0 Å². The zero-order valence-corrected chi connectivity index (χ0v) is 15.6. The molecule has 0 aliphatic rings. The summed E-state index contributed by atoms with van der Waals surface area (Å²) in [5.74, 6) is -0.201. The van der Waals surface area contributed by atoms with Gasteiger partial charge in [0.25, 0.3) is 0 Å². The lowest BCUT2D eigenvalue weighted by atomic mass is 9.80. The lowest BCUT2D eigenvalue weighted by Gasteiger charge is -2.24. The molecule has 0 heterocycles. The van der Waals surface area contributed by atoms with Crippen LogP contribution in [0, 0.1) is 19.8 Å². The SMILES string of the molecule is C.CCOC(=O)C(C)CC(c1ccccc1C)c1cc(Cl)ccc1C. The maximum atomic E-state index is 12.1. The highest BCUT2D eigenvalue weighted by Crippen LogP contribution is 2.36. The third kappa shape index (κ3) is 5.34. The van der Waals surface area contributed by atoms with Crippen molar-refractivity contribution in [3.8, 4) is 0 Å². The van der Waals surface area contributed by atoms with E-state index in [1.54, 1.807) is 0 Å². The Bertz CT molecular complexity index is 709. The quantitative estimate of drug-likeness (QED) is 0.564. The summed E-state index contributed by atoms with van der Waals surface area (Å²) in [4.78, 5) is 12.1. The average Bonchev–Trinajstić information content (AvgIpc) is 2.56. The molecule has 136 valence electrons. The molecule has 0 bridgehead atoms. The van der Waals surface area contributed by atoms with Gasteiger partial charge < -0.3 is 4.74 Å². The molecule has 0 aromatic heterocycles. The molecule has 0 aliphatic carbocycles. The van der Waals surface area contributed by atoms with Crippen molar-refractivity contribution in [3.05, 3.63) is 69.7 Å². The fourth-order valence-electron chi connectivity index (χ4n) is 3.12. The van der Waals surface area contributed by atoms with Gasteiger partial charge in [-0.25, -0.2) is 0 Å². The lowest BCUT2D eigenvalue weighted by Crippen LogP contribution is -2.19. The summed E-state index contributed by atoms with van der Waals surface area (Å²) >= 11 is 6.25. The number of esters is 1. The summed E-state index contributed by atoms with van der Waals surface area (Å²) in [6, 6.07) is 14.3. The number of carbonyl (C=O) groups is 1. The molecule has 0 amide bonds. The first-order valence-corrected chi connectivity index (χ1v) is 8.80. The molecule has 2 rings (SSSR count). The fourth-order valence-corrected chi connectivity index (χ4v) is 3.30. The van der Waals surface area contributed by atoms with E-state index >= 15 is 0 Å². The second-order valence-electron chi connectivity index (χ2n) is 6.30. The Hall–Kier alpha value is -1.80. The third-order valence-corrected chi connectivity index (χ3v) is 4.69. The maximum Gasteiger partial charge on any atom is 0.308 e. The molecule has 2 aromatic rings. The first kappa shape index (κ1) is 21.2. The van der Waals surface area contributed by atoms with Crippen LogP contribution >= 0.6 is 11.6 Å². The Morgan fingerprint density at radius 1 is 1.08 bits per heavy atom. The summed E-state index contributed by atoms with van der Waals surface area (Å²) in [5.41, 5.74) is 4.81. The van der Waals surface area contributed by atoms with Gasteiger partial charge >= 0.3 is 5.97 Å². The Morgan fingerprint density at radius 2 is 1.72 bits per heavy atom. The van der Waals surface area contributed by atoms with Crippen molar-refractivity contribution < 1.29 is 9.53 Å². The molecule has 0 N–H and O–H groups in total. The van der Waals surface area contributed by atoms with Crippen LogP contribution in [0.1, 0.15) is 55.9 Å². The summed E-state index contributed by atoms with van der Waals surface area (Å²) < 4.78 is 5.20. The second kappa shape index (κ2) is 9.62. The Kier molecular flexibility index (Phi) is 8.18. The first-order chi connectivity index (χ1) is 11.4. The molecule has 2 nitrogen and oxygen atoms in total. The van der Waals surface area contributed by atoms with E-state index in [1.807, 2.05) is 44.2 Å². The van der Waals surface area contributed by atoms with Gasteiger partial charge in [0.2, 0.25) is 0 Å². The fraction of sp³-hybridized carbons (Fsp3) is 0.409.